The molecule has 0 saturated heterocycles. The molecule has 0 bridgehead atoms. The first-order valence-electron chi connectivity index (χ1n) is 5.21. The largest absolute Gasteiger partial charge is 0.495 e. The number of rotatable bonds is 4. The highest BCUT2D eigenvalue weighted by Gasteiger charge is 2.26. The molecule has 0 heterocycles. The van der Waals surface area contributed by atoms with E-state index in [4.69, 9.17) is 4.74 Å². The summed E-state index contributed by atoms with van der Waals surface area (Å²) in [5.41, 5.74) is 2.29. The van der Waals surface area contributed by atoms with Gasteiger partial charge in [0.15, 0.2) is 0 Å². The quantitative estimate of drug-likeness (QED) is 0.577. The summed E-state index contributed by atoms with van der Waals surface area (Å²) in [5.74, 6) is 1.00. The zero-order valence-corrected chi connectivity index (χ0v) is 9.27. The molecule has 1 aliphatic carbocycles. The second kappa shape index (κ2) is 3.96. The zero-order chi connectivity index (χ0) is 11.7. The van der Waals surface area contributed by atoms with Crippen molar-refractivity contribution >= 4 is 11.3 Å². The van der Waals surface area contributed by atoms with E-state index < -0.39 is 4.92 Å². The molecule has 0 aromatic heterocycles. The molecule has 1 aliphatic rings. The Balaban J connectivity index is 2.12. The number of hydrogen-bond donors (Lipinski definition) is 0. The molecule has 2 rings (SSSR count). The third-order valence-electron chi connectivity index (χ3n) is 2.35. The van der Waals surface area contributed by atoms with Crippen molar-refractivity contribution in [3.8, 4) is 0 Å². The number of nitro benzene ring substituents is 1. The predicted molar refractivity (Wildman–Crippen MR) is 60.9 cm³/mol. The van der Waals surface area contributed by atoms with Crippen LogP contribution in [0.1, 0.15) is 25.8 Å². The summed E-state index contributed by atoms with van der Waals surface area (Å²) < 4.78 is 5.55. The van der Waals surface area contributed by atoms with Crippen molar-refractivity contribution in [2.45, 2.75) is 26.4 Å². The van der Waals surface area contributed by atoms with E-state index in [1.807, 2.05) is 13.8 Å². The third kappa shape index (κ3) is 2.21. The van der Waals surface area contributed by atoms with Gasteiger partial charge in [-0.25, -0.2) is 0 Å². The van der Waals surface area contributed by atoms with E-state index >= 15 is 0 Å². The zero-order valence-electron chi connectivity index (χ0n) is 9.27. The topological polar surface area (TPSA) is 52.4 Å². The van der Waals surface area contributed by atoms with Gasteiger partial charge in [-0.3, -0.25) is 10.1 Å². The Labute approximate surface area is 93.7 Å². The van der Waals surface area contributed by atoms with Gasteiger partial charge in [-0.1, -0.05) is 0 Å². The van der Waals surface area contributed by atoms with E-state index in [9.17, 15) is 10.1 Å². The van der Waals surface area contributed by atoms with Gasteiger partial charge in [0.05, 0.1) is 11.0 Å². The van der Waals surface area contributed by atoms with Crippen LogP contribution in [0.5, 0.6) is 0 Å². The molecule has 0 fully saturated rings. The molecule has 0 spiro atoms. The van der Waals surface area contributed by atoms with Crippen LogP contribution in [-0.2, 0) is 4.74 Å². The van der Waals surface area contributed by atoms with Crippen LogP contribution in [0.2, 0.25) is 0 Å². The second-order valence-electron chi connectivity index (χ2n) is 4.05. The Morgan fingerprint density at radius 1 is 1.31 bits per heavy atom. The van der Waals surface area contributed by atoms with Crippen molar-refractivity contribution < 1.29 is 9.66 Å². The number of allylic oxidation sites excluding steroid dienone is 2. The maximum absolute atomic E-state index is 10.5. The molecule has 4 heteroatoms. The van der Waals surface area contributed by atoms with E-state index in [2.05, 4.69) is 0 Å². The highest BCUT2D eigenvalue weighted by Crippen LogP contribution is 2.41. The van der Waals surface area contributed by atoms with Crippen molar-refractivity contribution in [1.82, 2.24) is 0 Å². The Morgan fingerprint density at radius 2 is 1.94 bits per heavy atom. The van der Waals surface area contributed by atoms with E-state index in [-0.39, 0.29) is 11.8 Å². The summed E-state index contributed by atoms with van der Waals surface area (Å²) in [5, 5.41) is 10.5. The fourth-order valence-electron chi connectivity index (χ4n) is 1.56. The molecular weight excluding hydrogens is 206 g/mol. The number of non-ortho nitro benzene ring substituents is 1. The lowest BCUT2D eigenvalue weighted by molar-refractivity contribution is -0.384. The smallest absolute Gasteiger partial charge is 0.269 e. The molecule has 0 amide bonds. The van der Waals surface area contributed by atoms with E-state index in [0.717, 1.165) is 23.3 Å². The van der Waals surface area contributed by atoms with Gasteiger partial charge in [0, 0.05) is 24.1 Å². The number of nitro groups is 1. The number of hydrogen-bond acceptors (Lipinski definition) is 3. The average molecular weight is 219 g/mol. The minimum atomic E-state index is -0.392. The molecule has 0 radical (unpaired) electrons. The number of benzene rings is 1. The predicted octanol–water partition coefficient (Wildman–Crippen LogP) is 3.13. The van der Waals surface area contributed by atoms with Crippen molar-refractivity contribution in [3.63, 3.8) is 0 Å². The average Bonchev–Trinajstić information content (AvgIpc) is 2.96. The van der Waals surface area contributed by atoms with E-state index in [1.54, 1.807) is 12.1 Å². The lowest BCUT2D eigenvalue weighted by Gasteiger charge is -2.03. The van der Waals surface area contributed by atoms with Crippen LogP contribution in [-0.4, -0.2) is 11.0 Å². The summed E-state index contributed by atoms with van der Waals surface area (Å²) in [6.45, 7) is 3.97. The van der Waals surface area contributed by atoms with Crippen LogP contribution in [0.3, 0.4) is 0 Å². The molecule has 0 unspecified atom stereocenters. The Kier molecular flexibility index (Phi) is 2.64. The Morgan fingerprint density at radius 3 is 2.44 bits per heavy atom. The van der Waals surface area contributed by atoms with Crippen LogP contribution in [0.15, 0.2) is 30.0 Å². The van der Waals surface area contributed by atoms with Gasteiger partial charge in [0.25, 0.3) is 5.69 Å². The molecule has 1 aromatic carbocycles. The van der Waals surface area contributed by atoms with Crippen LogP contribution in [0.25, 0.3) is 5.57 Å². The number of nitrogens with zero attached hydrogens (tertiary/aromatic N) is 1. The fraction of sp³-hybridized carbons (Fsp3) is 0.333. The lowest BCUT2D eigenvalue weighted by Crippen LogP contribution is -1.95. The minimum Gasteiger partial charge on any atom is -0.495 e. The normalized spacial score (nSPS) is 14.2. The molecule has 4 nitrogen and oxygen atoms in total. The van der Waals surface area contributed by atoms with Gasteiger partial charge in [-0.2, -0.15) is 0 Å². The Bertz CT molecular complexity index is 446. The molecule has 0 saturated carbocycles. The molecule has 0 N–H and O–H groups in total. The van der Waals surface area contributed by atoms with Gasteiger partial charge in [0.1, 0.15) is 5.76 Å². The summed E-state index contributed by atoms with van der Waals surface area (Å²) in [6, 6.07) is 6.58. The number of ether oxygens (including phenoxy) is 1. The molecule has 0 atom stereocenters. The van der Waals surface area contributed by atoms with Crippen LogP contribution in [0, 0.1) is 10.1 Å². The van der Waals surface area contributed by atoms with Gasteiger partial charge in [-0.15, -0.1) is 0 Å². The van der Waals surface area contributed by atoms with Crippen molar-refractivity contribution in [3.05, 3.63) is 45.7 Å². The Hall–Kier alpha value is -1.84. The van der Waals surface area contributed by atoms with Gasteiger partial charge in [-0.05, 0) is 31.5 Å². The standard InChI is InChI=1S/C12H13NO3/c1-8(2)16-12-7-11(12)9-3-5-10(6-4-9)13(14)15/h3-6,8H,7H2,1-2H3. The van der Waals surface area contributed by atoms with Crippen LogP contribution >= 0.6 is 0 Å². The minimum absolute atomic E-state index is 0.122. The van der Waals surface area contributed by atoms with Crippen LogP contribution in [0.4, 0.5) is 5.69 Å². The second-order valence-corrected chi connectivity index (χ2v) is 4.05. The summed E-state index contributed by atoms with van der Waals surface area (Å²) in [7, 11) is 0. The fourth-order valence-corrected chi connectivity index (χ4v) is 1.56. The van der Waals surface area contributed by atoms with E-state index in [0.29, 0.717) is 0 Å². The SMILES string of the molecule is CC(C)OC1=C(c2ccc([N+](=O)[O-])cc2)C1. The monoisotopic (exact) mass is 219 g/mol. The summed E-state index contributed by atoms with van der Waals surface area (Å²) in [6.07, 6.45) is 1.04. The first-order chi connectivity index (χ1) is 7.58. The molecular formula is C12H13NO3. The first kappa shape index (κ1) is 10.7. The highest BCUT2D eigenvalue weighted by atomic mass is 16.6. The van der Waals surface area contributed by atoms with Crippen molar-refractivity contribution in [1.29, 1.82) is 0 Å². The highest BCUT2D eigenvalue weighted by molar-refractivity contribution is 5.81. The molecule has 84 valence electrons. The summed E-state index contributed by atoms with van der Waals surface area (Å²) in [4.78, 5) is 10.1. The molecule has 0 aliphatic heterocycles. The summed E-state index contributed by atoms with van der Waals surface area (Å²) >= 11 is 0. The first-order valence-corrected chi connectivity index (χ1v) is 5.21. The molecule has 1 aromatic rings. The molecule has 16 heavy (non-hydrogen) atoms. The maximum Gasteiger partial charge on any atom is 0.269 e. The maximum atomic E-state index is 10.5. The van der Waals surface area contributed by atoms with Gasteiger partial charge in [0.2, 0.25) is 0 Å². The van der Waals surface area contributed by atoms with Gasteiger partial charge >= 0.3 is 0 Å². The lowest BCUT2D eigenvalue weighted by atomic mass is 10.1. The van der Waals surface area contributed by atoms with Gasteiger partial charge < -0.3 is 4.74 Å². The van der Waals surface area contributed by atoms with Crippen molar-refractivity contribution in [2.24, 2.45) is 0 Å². The third-order valence-corrected chi connectivity index (χ3v) is 2.35. The van der Waals surface area contributed by atoms with Crippen molar-refractivity contribution in [2.75, 3.05) is 0 Å². The van der Waals surface area contributed by atoms with Crippen LogP contribution < -0.4 is 0 Å². The van der Waals surface area contributed by atoms with E-state index in [1.165, 1.54) is 12.1 Å².